The lowest BCUT2D eigenvalue weighted by Crippen LogP contribution is -2.35. The lowest BCUT2D eigenvalue weighted by atomic mass is 10.0. The number of nitrogens with two attached hydrogens (primary N) is 1. The molecule has 3 N–H and O–H groups in total. The van der Waals surface area contributed by atoms with Crippen LogP contribution in [0.2, 0.25) is 0 Å². The van der Waals surface area contributed by atoms with Gasteiger partial charge < -0.3 is 10.3 Å². The van der Waals surface area contributed by atoms with E-state index in [1.54, 1.807) is 0 Å². The molecule has 122 valence electrons. The van der Waals surface area contributed by atoms with Gasteiger partial charge in [0.2, 0.25) is 5.91 Å². The summed E-state index contributed by atoms with van der Waals surface area (Å²) in [7, 11) is 0. The third-order valence-electron chi connectivity index (χ3n) is 4.80. The molecule has 2 aromatic carbocycles. The molecule has 2 unspecified atom stereocenters. The number of hydrogen-bond acceptors (Lipinski definition) is 3. The van der Waals surface area contributed by atoms with Gasteiger partial charge in [0.25, 0.3) is 0 Å². The zero-order valence-corrected chi connectivity index (χ0v) is 13.6. The first-order valence-corrected chi connectivity index (χ1v) is 8.19. The summed E-state index contributed by atoms with van der Waals surface area (Å²) in [5, 5.41) is 5.66. The number of amides is 1. The number of nitrogens with one attached hydrogen (secondary N) is 1. The van der Waals surface area contributed by atoms with Gasteiger partial charge in [-0.2, -0.15) is 0 Å². The van der Waals surface area contributed by atoms with E-state index in [1.165, 1.54) is 0 Å². The number of nitrogens with zero attached hydrogens (tertiary/aromatic N) is 2. The van der Waals surface area contributed by atoms with E-state index in [1.807, 2.05) is 49.5 Å². The topological polar surface area (TPSA) is 72.9 Å². The average Bonchev–Trinajstić information content (AvgIpc) is 3.15. The number of aromatic nitrogens is 2. The van der Waals surface area contributed by atoms with Gasteiger partial charge in [0.05, 0.1) is 6.04 Å². The minimum Gasteiger partial charge on any atom is -0.368 e. The number of benzene rings is 2. The first kappa shape index (κ1) is 14.9. The monoisotopic (exact) mass is 320 g/mol. The number of rotatable bonds is 4. The maximum absolute atomic E-state index is 12.1. The van der Waals surface area contributed by atoms with Gasteiger partial charge in [-0.3, -0.25) is 10.1 Å². The third kappa shape index (κ3) is 2.47. The lowest BCUT2D eigenvalue weighted by Gasteiger charge is -2.20. The normalized spacial score (nSPS) is 17.8. The van der Waals surface area contributed by atoms with Gasteiger partial charge in [0.15, 0.2) is 0 Å². The quantitative estimate of drug-likeness (QED) is 0.776. The fourth-order valence-corrected chi connectivity index (χ4v) is 3.52. The lowest BCUT2D eigenvalue weighted by molar-refractivity contribution is -0.120. The van der Waals surface area contributed by atoms with Crippen LogP contribution in [0.4, 0.5) is 0 Å². The Labute approximate surface area is 140 Å². The Hall–Kier alpha value is -2.66. The number of primary amides is 1. The zero-order chi connectivity index (χ0) is 16.7. The highest BCUT2D eigenvalue weighted by atomic mass is 16.1. The molecule has 1 aliphatic rings. The molecule has 1 amide bonds. The smallest absolute Gasteiger partial charge is 0.239 e. The largest absolute Gasteiger partial charge is 0.368 e. The summed E-state index contributed by atoms with van der Waals surface area (Å²) in [5.74, 6) is 0.617. The van der Waals surface area contributed by atoms with E-state index in [0.717, 1.165) is 40.8 Å². The van der Waals surface area contributed by atoms with Crippen molar-refractivity contribution in [3.63, 3.8) is 0 Å². The molecule has 0 saturated heterocycles. The van der Waals surface area contributed by atoms with Gasteiger partial charge in [-0.1, -0.05) is 36.4 Å². The second-order valence-corrected chi connectivity index (χ2v) is 6.36. The van der Waals surface area contributed by atoms with Crippen molar-refractivity contribution in [3.8, 4) is 0 Å². The number of imidazole rings is 1. The maximum Gasteiger partial charge on any atom is 0.239 e. The fourth-order valence-electron chi connectivity index (χ4n) is 3.52. The van der Waals surface area contributed by atoms with Crippen LogP contribution in [0.5, 0.6) is 0 Å². The molecule has 3 aromatic rings. The SMILES string of the molecule is Cc1cnc2n1CCC2NC(C(N)=O)c1ccc2ccccc2c1. The maximum atomic E-state index is 12.1. The predicted molar refractivity (Wildman–Crippen MR) is 93.3 cm³/mol. The van der Waals surface area contributed by atoms with Crippen molar-refractivity contribution in [2.45, 2.75) is 32.0 Å². The highest BCUT2D eigenvalue weighted by Crippen LogP contribution is 2.29. The van der Waals surface area contributed by atoms with E-state index in [4.69, 9.17) is 5.73 Å². The molecule has 0 fully saturated rings. The summed E-state index contributed by atoms with van der Waals surface area (Å²) in [4.78, 5) is 16.6. The van der Waals surface area contributed by atoms with Crippen LogP contribution in [0.25, 0.3) is 10.8 Å². The molecule has 0 radical (unpaired) electrons. The zero-order valence-electron chi connectivity index (χ0n) is 13.6. The second kappa shape index (κ2) is 5.76. The Morgan fingerprint density at radius 2 is 2.08 bits per heavy atom. The van der Waals surface area contributed by atoms with Crippen molar-refractivity contribution in [2.24, 2.45) is 5.73 Å². The standard InChI is InChI=1S/C19H20N4O/c1-12-11-21-19-16(8-9-23(12)19)22-17(18(20)24)15-7-6-13-4-2-3-5-14(13)10-15/h2-7,10-11,16-17,22H,8-9H2,1H3,(H2,20,24). The Morgan fingerprint density at radius 3 is 2.88 bits per heavy atom. The molecule has 0 bridgehead atoms. The molecule has 1 aliphatic heterocycles. The Bertz CT molecular complexity index is 915. The van der Waals surface area contributed by atoms with Crippen LogP contribution in [-0.2, 0) is 11.3 Å². The van der Waals surface area contributed by atoms with Crippen LogP contribution in [0.15, 0.2) is 48.7 Å². The number of fused-ring (bicyclic) bond motifs is 2. The molecule has 24 heavy (non-hydrogen) atoms. The molecule has 0 saturated carbocycles. The summed E-state index contributed by atoms with van der Waals surface area (Å²) in [5.41, 5.74) is 7.73. The number of carbonyl (C=O) groups is 1. The van der Waals surface area contributed by atoms with Gasteiger partial charge in [-0.05, 0) is 35.7 Å². The van der Waals surface area contributed by atoms with Gasteiger partial charge in [-0.25, -0.2) is 4.98 Å². The molecule has 0 spiro atoms. The number of aryl methyl sites for hydroxylation is 1. The van der Waals surface area contributed by atoms with Crippen molar-refractivity contribution in [3.05, 3.63) is 65.7 Å². The van der Waals surface area contributed by atoms with Crippen molar-refractivity contribution in [2.75, 3.05) is 0 Å². The third-order valence-corrected chi connectivity index (χ3v) is 4.80. The molecule has 4 rings (SSSR count). The van der Waals surface area contributed by atoms with Gasteiger partial charge in [0, 0.05) is 18.4 Å². The van der Waals surface area contributed by atoms with Crippen LogP contribution in [0.3, 0.4) is 0 Å². The first-order chi connectivity index (χ1) is 11.6. The molecule has 0 aliphatic carbocycles. The second-order valence-electron chi connectivity index (χ2n) is 6.36. The van der Waals surface area contributed by atoms with Crippen LogP contribution in [0, 0.1) is 6.92 Å². The fraction of sp³-hybridized carbons (Fsp3) is 0.263. The van der Waals surface area contributed by atoms with E-state index in [0.29, 0.717) is 0 Å². The average molecular weight is 320 g/mol. The van der Waals surface area contributed by atoms with E-state index >= 15 is 0 Å². The molecule has 5 heteroatoms. The minimum absolute atomic E-state index is 0.0441. The number of carbonyl (C=O) groups excluding carboxylic acids is 1. The molecule has 2 heterocycles. The summed E-state index contributed by atoms with van der Waals surface area (Å²) < 4.78 is 2.19. The van der Waals surface area contributed by atoms with Crippen LogP contribution in [0.1, 0.15) is 35.6 Å². The van der Waals surface area contributed by atoms with E-state index in [2.05, 4.69) is 20.9 Å². The minimum atomic E-state index is -0.525. The van der Waals surface area contributed by atoms with Crippen LogP contribution < -0.4 is 11.1 Å². The number of hydrogen-bond donors (Lipinski definition) is 2. The van der Waals surface area contributed by atoms with Gasteiger partial charge >= 0.3 is 0 Å². The van der Waals surface area contributed by atoms with Crippen molar-refractivity contribution in [1.29, 1.82) is 0 Å². The summed E-state index contributed by atoms with van der Waals surface area (Å²) >= 11 is 0. The van der Waals surface area contributed by atoms with Gasteiger partial charge in [-0.15, -0.1) is 0 Å². The molecular weight excluding hydrogens is 300 g/mol. The Kier molecular flexibility index (Phi) is 3.58. The van der Waals surface area contributed by atoms with Crippen molar-refractivity contribution in [1.82, 2.24) is 14.9 Å². The van der Waals surface area contributed by atoms with Crippen LogP contribution in [-0.4, -0.2) is 15.5 Å². The molecule has 2 atom stereocenters. The summed E-state index contributed by atoms with van der Waals surface area (Å²) in [6.07, 6.45) is 2.79. The van der Waals surface area contributed by atoms with Crippen molar-refractivity contribution < 1.29 is 4.79 Å². The highest BCUT2D eigenvalue weighted by Gasteiger charge is 2.29. The van der Waals surface area contributed by atoms with E-state index in [-0.39, 0.29) is 11.9 Å². The Balaban J connectivity index is 1.66. The van der Waals surface area contributed by atoms with Gasteiger partial charge in [0.1, 0.15) is 11.9 Å². The van der Waals surface area contributed by atoms with E-state index < -0.39 is 6.04 Å². The highest BCUT2D eigenvalue weighted by molar-refractivity contribution is 5.86. The molecular formula is C19H20N4O. The Morgan fingerprint density at radius 1 is 1.29 bits per heavy atom. The molecule has 5 nitrogen and oxygen atoms in total. The molecule has 1 aromatic heterocycles. The summed E-state index contributed by atoms with van der Waals surface area (Å²) in [6.45, 7) is 2.97. The van der Waals surface area contributed by atoms with Crippen LogP contribution >= 0.6 is 0 Å². The van der Waals surface area contributed by atoms with Crippen molar-refractivity contribution >= 4 is 16.7 Å². The first-order valence-electron chi connectivity index (χ1n) is 8.19. The predicted octanol–water partition coefficient (Wildman–Crippen LogP) is 2.61. The van der Waals surface area contributed by atoms with E-state index in [9.17, 15) is 4.79 Å². The summed E-state index contributed by atoms with van der Waals surface area (Å²) in [6, 6.07) is 13.7.